The molecule has 0 unspecified atom stereocenters. The smallest absolute Gasteiger partial charge is 0.119 e. The van der Waals surface area contributed by atoms with E-state index in [1.54, 1.807) is 11.3 Å². The lowest BCUT2D eigenvalue weighted by molar-refractivity contribution is 0.340. The van der Waals surface area contributed by atoms with Gasteiger partial charge in [-0.1, -0.05) is 0 Å². The summed E-state index contributed by atoms with van der Waals surface area (Å²) in [5, 5.41) is 13.9. The summed E-state index contributed by atoms with van der Waals surface area (Å²) in [7, 11) is 0. The van der Waals surface area contributed by atoms with Gasteiger partial charge >= 0.3 is 0 Å². The lowest BCUT2D eigenvalue weighted by Crippen LogP contribution is -1.97. The lowest BCUT2D eigenvalue weighted by atomic mass is 10.3. The second-order valence-corrected chi connectivity index (χ2v) is 4.72. The van der Waals surface area contributed by atoms with E-state index in [1.165, 1.54) is 0 Å². The Morgan fingerprint density at radius 3 is 2.72 bits per heavy atom. The van der Waals surface area contributed by atoms with Crippen molar-refractivity contribution in [2.24, 2.45) is 0 Å². The van der Waals surface area contributed by atoms with Crippen molar-refractivity contribution in [3.63, 3.8) is 0 Å². The second-order valence-electron chi connectivity index (χ2n) is 3.72. The van der Waals surface area contributed by atoms with Crippen LogP contribution in [0.2, 0.25) is 0 Å². The minimum Gasteiger partial charge on any atom is -0.494 e. The highest BCUT2D eigenvalue weighted by Gasteiger charge is 1.99. The van der Waals surface area contributed by atoms with E-state index in [0.29, 0.717) is 6.61 Å². The monoisotopic (exact) mass is 258 g/mol. The minimum atomic E-state index is 0.679. The number of nitrogens with zero attached hydrogens (tertiary/aromatic N) is 1. The van der Waals surface area contributed by atoms with Crippen molar-refractivity contribution in [3.05, 3.63) is 46.2 Å². The molecule has 0 fully saturated rings. The molecule has 0 amide bonds. The number of anilines is 1. The van der Waals surface area contributed by atoms with Crippen molar-refractivity contribution < 1.29 is 4.74 Å². The first-order chi connectivity index (χ1) is 8.81. The van der Waals surface area contributed by atoms with Gasteiger partial charge in [-0.15, -0.1) is 11.3 Å². The van der Waals surface area contributed by atoms with Crippen LogP contribution >= 0.6 is 11.3 Å². The molecule has 0 radical (unpaired) electrons. The summed E-state index contributed by atoms with van der Waals surface area (Å²) in [6.45, 7) is 3.38. The summed E-state index contributed by atoms with van der Waals surface area (Å²) in [6.07, 6.45) is 0. The molecule has 1 aromatic heterocycles. The maximum atomic E-state index is 8.74. The number of nitriles is 1. The molecule has 1 heterocycles. The lowest BCUT2D eigenvalue weighted by Gasteiger charge is -2.06. The fraction of sp³-hybridized carbons (Fsp3) is 0.214. The van der Waals surface area contributed by atoms with Gasteiger partial charge in [-0.3, -0.25) is 0 Å². The molecule has 0 aliphatic rings. The van der Waals surface area contributed by atoms with Gasteiger partial charge in [0, 0.05) is 22.5 Å². The quantitative estimate of drug-likeness (QED) is 0.890. The van der Waals surface area contributed by atoms with Gasteiger partial charge in [0.15, 0.2) is 0 Å². The Morgan fingerprint density at radius 2 is 2.11 bits per heavy atom. The Balaban J connectivity index is 1.91. The second kappa shape index (κ2) is 6.08. The van der Waals surface area contributed by atoms with E-state index in [0.717, 1.165) is 28.4 Å². The maximum absolute atomic E-state index is 8.74. The molecule has 3 nitrogen and oxygen atoms in total. The number of rotatable bonds is 5. The molecule has 0 spiro atoms. The van der Waals surface area contributed by atoms with Crippen LogP contribution in [-0.4, -0.2) is 6.61 Å². The van der Waals surface area contributed by atoms with Crippen molar-refractivity contribution in [3.8, 4) is 11.8 Å². The van der Waals surface area contributed by atoms with Crippen LogP contribution in [0.25, 0.3) is 0 Å². The predicted molar refractivity (Wildman–Crippen MR) is 74.0 cm³/mol. The first-order valence-electron chi connectivity index (χ1n) is 5.76. The molecule has 4 heteroatoms. The van der Waals surface area contributed by atoms with Gasteiger partial charge in [0.05, 0.1) is 12.2 Å². The van der Waals surface area contributed by atoms with Crippen LogP contribution in [0.1, 0.15) is 17.4 Å². The Kier molecular flexibility index (Phi) is 4.21. The van der Waals surface area contributed by atoms with Crippen LogP contribution in [-0.2, 0) is 6.54 Å². The number of benzene rings is 1. The van der Waals surface area contributed by atoms with E-state index >= 15 is 0 Å². The van der Waals surface area contributed by atoms with Gasteiger partial charge in [0.1, 0.15) is 11.8 Å². The Hall–Kier alpha value is -1.99. The molecule has 0 saturated heterocycles. The van der Waals surface area contributed by atoms with Crippen molar-refractivity contribution >= 4 is 17.0 Å². The summed E-state index contributed by atoms with van der Waals surface area (Å²) < 4.78 is 5.38. The molecular formula is C14H14N2OS. The maximum Gasteiger partial charge on any atom is 0.119 e. The summed E-state index contributed by atoms with van der Waals surface area (Å²) in [4.78, 5) is 1.15. The topological polar surface area (TPSA) is 45.0 Å². The number of hydrogen-bond acceptors (Lipinski definition) is 4. The third-order valence-electron chi connectivity index (χ3n) is 2.41. The van der Waals surface area contributed by atoms with Crippen molar-refractivity contribution in [2.75, 3.05) is 11.9 Å². The van der Waals surface area contributed by atoms with Crippen LogP contribution < -0.4 is 10.1 Å². The summed E-state index contributed by atoms with van der Waals surface area (Å²) in [5.74, 6) is 0.881. The molecule has 2 rings (SSSR count). The molecule has 0 aliphatic heterocycles. The molecule has 1 N–H and O–H groups in total. The summed E-state index contributed by atoms with van der Waals surface area (Å²) in [5.41, 5.74) is 1.77. The van der Waals surface area contributed by atoms with Gasteiger partial charge in [0.25, 0.3) is 0 Å². The largest absolute Gasteiger partial charge is 0.494 e. The third kappa shape index (κ3) is 3.25. The van der Waals surface area contributed by atoms with E-state index in [-0.39, 0.29) is 0 Å². The van der Waals surface area contributed by atoms with E-state index in [2.05, 4.69) is 11.4 Å². The molecule has 2 aromatic rings. The summed E-state index contributed by atoms with van der Waals surface area (Å²) in [6, 6.07) is 11.9. The first-order valence-corrected chi connectivity index (χ1v) is 6.64. The van der Waals surface area contributed by atoms with Gasteiger partial charge in [-0.2, -0.15) is 5.26 Å². The van der Waals surface area contributed by atoms with E-state index in [1.807, 2.05) is 42.6 Å². The average Bonchev–Trinajstić information content (AvgIpc) is 2.86. The van der Waals surface area contributed by atoms with Crippen LogP contribution in [0.3, 0.4) is 0 Å². The number of nitrogens with one attached hydrogen (secondary N) is 1. The van der Waals surface area contributed by atoms with Gasteiger partial charge < -0.3 is 10.1 Å². The molecule has 0 bridgehead atoms. The standard InChI is InChI=1S/C14H14N2OS/c1-2-17-13-5-3-12(4-6-13)16-9-14-7-11(8-15)10-18-14/h3-7,10,16H,2,9H2,1H3. The molecule has 1 aromatic carbocycles. The number of hydrogen-bond donors (Lipinski definition) is 1. The molecule has 18 heavy (non-hydrogen) atoms. The molecule has 0 saturated carbocycles. The number of ether oxygens (including phenoxy) is 1. The fourth-order valence-electron chi connectivity index (χ4n) is 1.56. The normalized spacial score (nSPS) is 9.78. The SMILES string of the molecule is CCOc1ccc(NCc2cc(C#N)cs2)cc1. The third-order valence-corrected chi connectivity index (χ3v) is 3.35. The summed E-state index contributed by atoms with van der Waals surface area (Å²) >= 11 is 1.59. The predicted octanol–water partition coefficient (Wildman–Crippen LogP) is 3.63. The molecule has 92 valence electrons. The van der Waals surface area contributed by atoms with Crippen molar-refractivity contribution in [2.45, 2.75) is 13.5 Å². The first kappa shape index (κ1) is 12.5. The van der Waals surface area contributed by atoms with Crippen molar-refractivity contribution in [1.29, 1.82) is 5.26 Å². The highest BCUT2D eigenvalue weighted by atomic mass is 32.1. The Bertz CT molecular complexity index is 540. The molecular weight excluding hydrogens is 244 g/mol. The van der Waals surface area contributed by atoms with Gasteiger partial charge in [-0.25, -0.2) is 0 Å². The van der Waals surface area contributed by atoms with E-state index < -0.39 is 0 Å². The Morgan fingerprint density at radius 1 is 1.33 bits per heavy atom. The van der Waals surface area contributed by atoms with Gasteiger partial charge in [-0.05, 0) is 37.3 Å². The van der Waals surface area contributed by atoms with Crippen LogP contribution in [0.5, 0.6) is 5.75 Å². The minimum absolute atomic E-state index is 0.679. The Labute approximate surface area is 111 Å². The average molecular weight is 258 g/mol. The zero-order chi connectivity index (χ0) is 12.8. The zero-order valence-corrected chi connectivity index (χ0v) is 11.0. The zero-order valence-electron chi connectivity index (χ0n) is 10.1. The highest BCUT2D eigenvalue weighted by Crippen LogP contribution is 2.18. The van der Waals surface area contributed by atoms with Crippen LogP contribution in [0, 0.1) is 11.3 Å². The van der Waals surface area contributed by atoms with Crippen LogP contribution in [0.4, 0.5) is 5.69 Å². The highest BCUT2D eigenvalue weighted by molar-refractivity contribution is 7.10. The number of thiophene rings is 1. The van der Waals surface area contributed by atoms with Crippen molar-refractivity contribution in [1.82, 2.24) is 0 Å². The van der Waals surface area contributed by atoms with E-state index in [9.17, 15) is 0 Å². The molecule has 0 aliphatic carbocycles. The fourth-order valence-corrected chi connectivity index (χ4v) is 2.31. The van der Waals surface area contributed by atoms with E-state index in [4.69, 9.17) is 10.00 Å². The molecule has 0 atom stereocenters. The van der Waals surface area contributed by atoms with Crippen LogP contribution in [0.15, 0.2) is 35.7 Å². The van der Waals surface area contributed by atoms with Gasteiger partial charge in [0.2, 0.25) is 0 Å².